The highest BCUT2D eigenvalue weighted by molar-refractivity contribution is 7.92. The molecule has 2 heterocycles. The minimum absolute atomic E-state index is 0.143. The van der Waals surface area contributed by atoms with Gasteiger partial charge in [0, 0.05) is 4.88 Å². The summed E-state index contributed by atoms with van der Waals surface area (Å²) in [6, 6.07) is 5.51. The van der Waals surface area contributed by atoms with Gasteiger partial charge < -0.3 is 19.4 Å². The number of benzene rings is 1. The van der Waals surface area contributed by atoms with Gasteiger partial charge >= 0.3 is 11.9 Å². The van der Waals surface area contributed by atoms with Gasteiger partial charge in [-0.3, -0.25) is 14.4 Å². The summed E-state index contributed by atoms with van der Waals surface area (Å²) in [6.07, 6.45) is 2.30. The van der Waals surface area contributed by atoms with E-state index < -0.39 is 45.1 Å². The van der Waals surface area contributed by atoms with Gasteiger partial charge in [-0.1, -0.05) is 24.3 Å². The van der Waals surface area contributed by atoms with Gasteiger partial charge in [0.15, 0.2) is 14.6 Å². The lowest BCUT2D eigenvalue weighted by atomic mass is 9.88. The molecule has 1 N–H and O–H groups in total. The first kappa shape index (κ1) is 30.6. The SMILES string of the molecule is CCOC(=O)Cn1c(=NC(=O)CS(=O)(=O)CC(=O)Nc2sc3c(c2C(=O)OC)CCC(C)C3)sc2cc(C)ccc21. The Kier molecular flexibility index (Phi) is 9.44. The van der Waals surface area contributed by atoms with Crippen LogP contribution < -0.4 is 10.1 Å². The van der Waals surface area contributed by atoms with Crippen LogP contribution >= 0.6 is 22.7 Å². The van der Waals surface area contributed by atoms with Crippen molar-refractivity contribution in [3.8, 4) is 0 Å². The molecule has 0 fully saturated rings. The maximum absolute atomic E-state index is 12.8. The Morgan fingerprint density at radius 1 is 1.17 bits per heavy atom. The number of fused-ring (bicyclic) bond motifs is 2. The largest absolute Gasteiger partial charge is 0.465 e. The molecule has 0 saturated heterocycles. The third kappa shape index (κ3) is 7.29. The number of thiazole rings is 1. The molecule has 1 atom stereocenters. The first-order valence-corrected chi connectivity index (χ1v) is 16.4. The predicted octanol–water partition coefficient (Wildman–Crippen LogP) is 3.03. The van der Waals surface area contributed by atoms with Gasteiger partial charge in [-0.25, -0.2) is 13.2 Å². The number of amides is 2. The van der Waals surface area contributed by atoms with E-state index in [1.54, 1.807) is 13.0 Å². The van der Waals surface area contributed by atoms with Crippen molar-refractivity contribution in [1.29, 1.82) is 0 Å². The topological polar surface area (TPSA) is 150 Å². The number of anilines is 1. The van der Waals surface area contributed by atoms with Gasteiger partial charge in [-0.15, -0.1) is 11.3 Å². The van der Waals surface area contributed by atoms with Crippen LogP contribution in [0.2, 0.25) is 0 Å². The fourth-order valence-corrected chi connectivity index (χ4v) is 8.23. The van der Waals surface area contributed by atoms with Crippen molar-refractivity contribution >= 4 is 71.5 Å². The standard InChI is InChI=1S/C27H31N3O8S3/c1-5-38-23(33)12-30-18-9-7-16(3)11-20(18)40-27(30)29-22(32)14-41(35,36)13-21(31)28-25-24(26(34)37-4)17-8-6-15(2)10-19(17)39-25/h7,9,11,15H,5-6,8,10,12-14H2,1-4H3,(H,28,31). The van der Waals surface area contributed by atoms with Crippen LogP contribution in [0.4, 0.5) is 5.00 Å². The number of carbonyl (C=O) groups excluding carboxylic acids is 4. The monoisotopic (exact) mass is 621 g/mol. The van der Waals surface area contributed by atoms with Crippen molar-refractivity contribution in [2.24, 2.45) is 10.9 Å². The van der Waals surface area contributed by atoms with Crippen molar-refractivity contribution in [3.63, 3.8) is 0 Å². The van der Waals surface area contributed by atoms with Crippen LogP contribution in [0.15, 0.2) is 23.2 Å². The number of thiophene rings is 1. The van der Waals surface area contributed by atoms with E-state index in [9.17, 15) is 27.6 Å². The van der Waals surface area contributed by atoms with E-state index in [0.29, 0.717) is 17.9 Å². The molecule has 0 aliphatic heterocycles. The number of nitrogens with one attached hydrogen (secondary N) is 1. The van der Waals surface area contributed by atoms with Gasteiger partial charge in [0.2, 0.25) is 5.91 Å². The van der Waals surface area contributed by atoms with Crippen LogP contribution in [-0.2, 0) is 53.1 Å². The first-order valence-electron chi connectivity index (χ1n) is 13.0. The third-order valence-corrected chi connectivity index (χ3v) is 10.1. The minimum Gasteiger partial charge on any atom is -0.465 e. The number of sulfone groups is 1. The number of methoxy groups -OCH3 is 1. The summed E-state index contributed by atoms with van der Waals surface area (Å²) in [5.41, 5.74) is 2.69. The van der Waals surface area contributed by atoms with Crippen LogP contribution in [0.1, 0.15) is 46.6 Å². The summed E-state index contributed by atoms with van der Waals surface area (Å²) in [5, 5.41) is 2.79. The molecule has 11 nitrogen and oxygen atoms in total. The van der Waals surface area contributed by atoms with Crippen LogP contribution in [0.5, 0.6) is 0 Å². The van der Waals surface area contributed by atoms with Crippen LogP contribution in [-0.4, -0.2) is 62.0 Å². The number of esters is 2. The molecular formula is C27H31N3O8S3. The minimum atomic E-state index is -4.21. The average Bonchev–Trinajstić information content (AvgIpc) is 3.38. The Morgan fingerprint density at radius 3 is 2.63 bits per heavy atom. The van der Waals surface area contributed by atoms with E-state index in [0.717, 1.165) is 44.9 Å². The molecule has 1 aromatic carbocycles. The molecule has 0 radical (unpaired) electrons. The number of carbonyl (C=O) groups is 4. The Labute approximate surface area is 245 Å². The van der Waals surface area contributed by atoms with Crippen LogP contribution in [0.25, 0.3) is 10.2 Å². The number of nitrogens with zero attached hydrogens (tertiary/aromatic N) is 2. The second-order valence-corrected chi connectivity index (χ2v) is 14.1. The number of rotatable bonds is 9. The van der Waals surface area contributed by atoms with Crippen molar-refractivity contribution in [3.05, 3.63) is 44.6 Å². The van der Waals surface area contributed by atoms with E-state index in [1.165, 1.54) is 23.0 Å². The van der Waals surface area contributed by atoms with Crippen molar-refractivity contribution in [1.82, 2.24) is 4.57 Å². The zero-order valence-corrected chi connectivity index (χ0v) is 25.6. The summed E-state index contributed by atoms with van der Waals surface area (Å²) >= 11 is 2.38. The Hall–Kier alpha value is -3.36. The van der Waals surface area contributed by atoms with Gasteiger partial charge in [-0.05, 0) is 62.3 Å². The quantitative estimate of drug-likeness (QED) is 0.358. The van der Waals surface area contributed by atoms with Crippen LogP contribution in [0.3, 0.4) is 0 Å². The summed E-state index contributed by atoms with van der Waals surface area (Å²) in [5.74, 6) is -4.52. The predicted molar refractivity (Wildman–Crippen MR) is 156 cm³/mol. The molecule has 0 bridgehead atoms. The molecule has 2 aromatic heterocycles. The number of aryl methyl sites for hydroxylation is 1. The first-order chi connectivity index (χ1) is 19.4. The lowest BCUT2D eigenvalue weighted by molar-refractivity contribution is -0.143. The smallest absolute Gasteiger partial charge is 0.341 e. The molecule has 2 amide bonds. The van der Waals surface area contributed by atoms with Gasteiger partial charge in [0.05, 0.1) is 29.5 Å². The zero-order valence-electron chi connectivity index (χ0n) is 23.1. The number of hydrogen-bond donors (Lipinski definition) is 1. The highest BCUT2D eigenvalue weighted by atomic mass is 32.2. The van der Waals surface area contributed by atoms with Crippen LogP contribution in [0, 0.1) is 12.8 Å². The van der Waals surface area contributed by atoms with Crippen molar-refractivity contribution in [2.75, 3.05) is 30.5 Å². The summed E-state index contributed by atoms with van der Waals surface area (Å²) in [6.45, 7) is 5.65. The maximum atomic E-state index is 12.8. The average molecular weight is 622 g/mol. The summed E-state index contributed by atoms with van der Waals surface area (Å²) in [4.78, 5) is 55.3. The normalized spacial score (nSPS) is 15.4. The molecule has 220 valence electrons. The number of ether oxygens (including phenoxy) is 2. The van der Waals surface area contributed by atoms with E-state index in [4.69, 9.17) is 9.47 Å². The molecule has 41 heavy (non-hydrogen) atoms. The van der Waals surface area contributed by atoms with E-state index in [1.807, 2.05) is 19.1 Å². The van der Waals surface area contributed by atoms with Gasteiger partial charge in [0.25, 0.3) is 5.91 Å². The van der Waals surface area contributed by atoms with Gasteiger partial charge in [-0.2, -0.15) is 4.99 Å². The second-order valence-electron chi connectivity index (χ2n) is 9.88. The molecule has 3 aromatic rings. The molecule has 1 aliphatic carbocycles. The fourth-order valence-electron chi connectivity index (χ4n) is 4.65. The lowest BCUT2D eigenvalue weighted by Crippen LogP contribution is -2.29. The Balaban J connectivity index is 1.53. The van der Waals surface area contributed by atoms with Crippen molar-refractivity contribution in [2.45, 2.75) is 46.6 Å². The summed E-state index contributed by atoms with van der Waals surface area (Å²) in [7, 11) is -2.97. The van der Waals surface area contributed by atoms with Gasteiger partial charge in [0.1, 0.15) is 23.1 Å². The molecule has 0 spiro atoms. The zero-order chi connectivity index (χ0) is 29.9. The number of hydrogen-bond acceptors (Lipinski definition) is 10. The molecular weight excluding hydrogens is 591 g/mol. The fraction of sp³-hybridized carbons (Fsp3) is 0.444. The molecule has 1 unspecified atom stereocenters. The Morgan fingerprint density at radius 2 is 1.93 bits per heavy atom. The van der Waals surface area contributed by atoms with E-state index in [-0.39, 0.29) is 28.5 Å². The third-order valence-electron chi connectivity index (χ3n) is 6.50. The van der Waals surface area contributed by atoms with Crippen molar-refractivity contribution < 1.29 is 37.1 Å². The van der Waals surface area contributed by atoms with E-state index in [2.05, 4.69) is 17.2 Å². The maximum Gasteiger partial charge on any atom is 0.341 e. The molecule has 1 aliphatic rings. The van der Waals surface area contributed by atoms with E-state index >= 15 is 0 Å². The Bertz CT molecular complexity index is 1700. The highest BCUT2D eigenvalue weighted by Crippen LogP contribution is 2.40. The highest BCUT2D eigenvalue weighted by Gasteiger charge is 2.30. The summed E-state index contributed by atoms with van der Waals surface area (Å²) < 4.78 is 37.8. The second kappa shape index (κ2) is 12.7. The molecule has 0 saturated carbocycles. The number of aromatic nitrogens is 1. The molecule has 4 rings (SSSR count). The lowest BCUT2D eigenvalue weighted by Gasteiger charge is -2.18. The molecule has 14 heteroatoms.